The van der Waals surface area contributed by atoms with Crippen molar-refractivity contribution in [3.63, 3.8) is 0 Å². The normalized spacial score (nSPS) is 55.2. The number of carbonyl (C=O) groups excluding carboxylic acids is 1. The molecular weight excluding hydrogens is 492 g/mol. The Morgan fingerprint density at radius 2 is 1.62 bits per heavy atom. The van der Waals surface area contributed by atoms with E-state index in [4.69, 9.17) is 14.2 Å². The number of hydrogen-bond donors (Lipinski definition) is 2. The zero-order chi connectivity index (χ0) is 28.6. The number of ether oxygens (including phenoxy) is 3. The van der Waals surface area contributed by atoms with Gasteiger partial charge in [-0.05, 0) is 99.7 Å². The number of hydrogen-bond acceptors (Lipinski definition) is 6. The molecule has 0 aromatic rings. The summed E-state index contributed by atoms with van der Waals surface area (Å²) in [5, 5.41) is 22.9. The van der Waals surface area contributed by atoms with Crippen LogP contribution in [0.5, 0.6) is 0 Å². The van der Waals surface area contributed by atoms with Crippen molar-refractivity contribution in [3.05, 3.63) is 11.6 Å². The van der Waals surface area contributed by atoms with Gasteiger partial charge < -0.3 is 24.4 Å². The highest BCUT2D eigenvalue weighted by Gasteiger charge is 2.71. The van der Waals surface area contributed by atoms with E-state index in [0.29, 0.717) is 11.8 Å². The average Bonchev–Trinajstić information content (AvgIpc) is 3.13. The first-order chi connectivity index (χ1) is 17.9. The molecule has 0 aromatic heterocycles. The molecule has 0 amide bonds. The van der Waals surface area contributed by atoms with Crippen LogP contribution in [0, 0.1) is 45.3 Å². The number of epoxide rings is 1. The molecule has 0 bridgehead atoms. The SMILES string of the molecule is CC(=O)O[C@H]1O[C@@H]([C@@]2(C)OC2(C)C)C[C@@H]1[C@@H]1CC=C2[C@]3(C)[C@H](O)C[C@@H]4C(C)(C)[C@H](O)CC[C@]4(C)[C@H]3CC[C@]21C. The Balaban J connectivity index is 1.32. The molecule has 2 N–H and O–H groups in total. The third-order valence-electron chi connectivity index (χ3n) is 13.9. The maximum Gasteiger partial charge on any atom is 0.304 e. The van der Waals surface area contributed by atoms with Crippen LogP contribution in [0.1, 0.15) is 107 Å². The molecule has 6 aliphatic rings. The number of rotatable bonds is 3. The van der Waals surface area contributed by atoms with Gasteiger partial charge in [0.2, 0.25) is 6.29 Å². The Bertz CT molecular complexity index is 1080. The van der Waals surface area contributed by atoms with Gasteiger partial charge in [0, 0.05) is 18.3 Å². The maximum atomic E-state index is 12.2. The van der Waals surface area contributed by atoms with E-state index in [2.05, 4.69) is 61.5 Å². The quantitative estimate of drug-likeness (QED) is 0.266. The Labute approximate surface area is 235 Å². The Kier molecular flexibility index (Phi) is 6.02. The molecule has 12 atom stereocenters. The van der Waals surface area contributed by atoms with Crippen molar-refractivity contribution in [1.82, 2.24) is 0 Å². The molecule has 2 aliphatic heterocycles. The predicted octanol–water partition coefficient (Wildman–Crippen LogP) is 5.79. The van der Waals surface area contributed by atoms with Crippen LogP contribution in [0.25, 0.3) is 0 Å². The zero-order valence-electron chi connectivity index (χ0n) is 25.7. The Hall–Kier alpha value is -0.950. The molecule has 0 unspecified atom stereocenters. The van der Waals surface area contributed by atoms with Gasteiger partial charge in [0.05, 0.1) is 23.9 Å². The van der Waals surface area contributed by atoms with Crippen LogP contribution < -0.4 is 0 Å². The summed E-state index contributed by atoms with van der Waals surface area (Å²) < 4.78 is 18.5. The predicted molar refractivity (Wildman–Crippen MR) is 148 cm³/mol. The minimum atomic E-state index is -0.566. The first kappa shape index (κ1) is 28.2. The molecule has 5 fully saturated rings. The summed E-state index contributed by atoms with van der Waals surface area (Å²) in [5.74, 6) is 0.737. The second-order valence-corrected chi connectivity index (χ2v) is 16.2. The van der Waals surface area contributed by atoms with E-state index in [1.807, 2.05) is 0 Å². The van der Waals surface area contributed by atoms with Crippen molar-refractivity contribution < 1.29 is 29.2 Å². The van der Waals surface area contributed by atoms with Gasteiger partial charge in [-0.15, -0.1) is 0 Å². The molecule has 6 heteroatoms. The summed E-state index contributed by atoms with van der Waals surface area (Å²) >= 11 is 0. The zero-order valence-corrected chi connectivity index (χ0v) is 25.7. The van der Waals surface area contributed by atoms with Crippen LogP contribution in [0.2, 0.25) is 0 Å². The van der Waals surface area contributed by atoms with E-state index in [-0.39, 0.29) is 62.9 Å². The van der Waals surface area contributed by atoms with E-state index in [0.717, 1.165) is 44.9 Å². The number of aliphatic hydroxyl groups is 2. The lowest BCUT2D eigenvalue weighted by atomic mass is 9.37. The third kappa shape index (κ3) is 3.56. The van der Waals surface area contributed by atoms with Gasteiger partial charge in [-0.25, -0.2) is 0 Å². The summed E-state index contributed by atoms with van der Waals surface area (Å²) in [6.07, 6.45) is 7.48. The molecule has 3 saturated carbocycles. The smallest absolute Gasteiger partial charge is 0.304 e. The number of aliphatic hydroxyl groups excluding tert-OH is 2. The molecule has 2 heterocycles. The molecule has 0 aromatic carbocycles. The van der Waals surface area contributed by atoms with Gasteiger partial charge >= 0.3 is 5.97 Å². The molecule has 4 aliphatic carbocycles. The van der Waals surface area contributed by atoms with Gasteiger partial charge in [0.1, 0.15) is 5.60 Å². The van der Waals surface area contributed by atoms with Crippen molar-refractivity contribution in [1.29, 1.82) is 0 Å². The summed E-state index contributed by atoms with van der Waals surface area (Å²) in [5.41, 5.74) is 0.303. The van der Waals surface area contributed by atoms with Gasteiger partial charge in [0.15, 0.2) is 0 Å². The maximum absolute atomic E-state index is 12.2. The van der Waals surface area contributed by atoms with Crippen molar-refractivity contribution in [3.8, 4) is 0 Å². The van der Waals surface area contributed by atoms with E-state index in [9.17, 15) is 15.0 Å². The summed E-state index contributed by atoms with van der Waals surface area (Å²) in [6, 6.07) is 0. The van der Waals surface area contributed by atoms with Crippen LogP contribution in [-0.4, -0.2) is 52.0 Å². The lowest BCUT2D eigenvalue weighted by molar-refractivity contribution is -0.214. The Morgan fingerprint density at radius 1 is 0.949 bits per heavy atom. The lowest BCUT2D eigenvalue weighted by Gasteiger charge is -2.68. The van der Waals surface area contributed by atoms with E-state index in [1.165, 1.54) is 12.5 Å². The average molecular weight is 545 g/mol. The minimum absolute atomic E-state index is 0.0821. The standard InChI is InChI=1S/C33H52O6/c1-18(34)37-27-19(16-26(38-27)33(9)29(4,5)39-33)20-10-11-21-30(20,6)14-12-22-31(7)15-13-24(35)28(2,3)23(31)17-25(36)32(21,22)8/h11,19-20,22-27,35-36H,10,12-17H2,1-9H3/t19-,20+,22-,23-,24-,25-,26-,27+,30+,31-,32+,33-/m1/s1. The fourth-order valence-electron chi connectivity index (χ4n) is 11.3. The highest BCUT2D eigenvalue weighted by Crippen LogP contribution is 2.73. The summed E-state index contributed by atoms with van der Waals surface area (Å²) in [4.78, 5) is 12.2. The minimum Gasteiger partial charge on any atom is -0.436 e. The van der Waals surface area contributed by atoms with Crippen LogP contribution in [0.15, 0.2) is 11.6 Å². The first-order valence-corrected chi connectivity index (χ1v) is 15.5. The Morgan fingerprint density at radius 3 is 2.23 bits per heavy atom. The van der Waals surface area contributed by atoms with Gasteiger partial charge in [-0.1, -0.05) is 46.3 Å². The number of carbonyl (C=O) groups is 1. The lowest BCUT2D eigenvalue weighted by Crippen LogP contribution is -2.65. The third-order valence-corrected chi connectivity index (χ3v) is 13.9. The van der Waals surface area contributed by atoms with Gasteiger partial charge in [-0.3, -0.25) is 4.79 Å². The van der Waals surface area contributed by atoms with Crippen LogP contribution in [0.4, 0.5) is 0 Å². The molecule has 6 nitrogen and oxygen atoms in total. The van der Waals surface area contributed by atoms with Crippen molar-refractivity contribution >= 4 is 5.97 Å². The van der Waals surface area contributed by atoms with Crippen LogP contribution >= 0.6 is 0 Å². The second kappa shape index (κ2) is 8.33. The molecule has 0 spiro atoms. The van der Waals surface area contributed by atoms with Gasteiger partial charge in [0.25, 0.3) is 0 Å². The fourth-order valence-corrected chi connectivity index (χ4v) is 11.3. The summed E-state index contributed by atoms with van der Waals surface area (Å²) in [6.45, 7) is 19.4. The van der Waals surface area contributed by atoms with Crippen molar-refractivity contribution in [2.75, 3.05) is 0 Å². The molecule has 220 valence electrons. The van der Waals surface area contributed by atoms with Crippen molar-refractivity contribution in [2.45, 2.75) is 143 Å². The number of esters is 1. The fraction of sp³-hybridized carbons (Fsp3) is 0.909. The van der Waals surface area contributed by atoms with Crippen LogP contribution in [0.3, 0.4) is 0 Å². The largest absolute Gasteiger partial charge is 0.436 e. The summed E-state index contributed by atoms with van der Waals surface area (Å²) in [7, 11) is 0. The highest BCUT2D eigenvalue weighted by molar-refractivity contribution is 5.66. The molecule has 6 rings (SSSR count). The number of allylic oxidation sites excluding steroid dienone is 1. The highest BCUT2D eigenvalue weighted by atomic mass is 16.7. The second-order valence-electron chi connectivity index (χ2n) is 16.2. The van der Waals surface area contributed by atoms with E-state index >= 15 is 0 Å². The topological polar surface area (TPSA) is 88.5 Å². The van der Waals surface area contributed by atoms with Gasteiger partial charge in [-0.2, -0.15) is 0 Å². The van der Waals surface area contributed by atoms with E-state index in [1.54, 1.807) is 0 Å². The van der Waals surface area contributed by atoms with E-state index < -0.39 is 12.4 Å². The molecule has 39 heavy (non-hydrogen) atoms. The van der Waals surface area contributed by atoms with Crippen molar-refractivity contribution in [2.24, 2.45) is 45.3 Å². The number of fused-ring (bicyclic) bond motifs is 5. The first-order valence-electron chi connectivity index (χ1n) is 15.5. The monoisotopic (exact) mass is 544 g/mol. The molecular formula is C33H52O6. The van der Waals surface area contributed by atoms with Crippen LogP contribution in [-0.2, 0) is 19.0 Å². The molecule has 2 saturated heterocycles. The molecule has 0 radical (unpaired) electrons.